The number of aromatic hydroxyl groups is 1. The van der Waals surface area contributed by atoms with E-state index in [1.807, 2.05) is 4.90 Å². The number of nitrogens with zero attached hydrogens (tertiary/aromatic N) is 1. The molecular formula is C16H21IN2O2. The van der Waals surface area contributed by atoms with Crippen molar-refractivity contribution >= 4 is 28.5 Å². The van der Waals surface area contributed by atoms with Crippen LogP contribution in [-0.4, -0.2) is 41.6 Å². The van der Waals surface area contributed by atoms with Crippen LogP contribution in [0.5, 0.6) is 5.75 Å². The van der Waals surface area contributed by atoms with Crippen LogP contribution in [-0.2, 0) is 0 Å². The van der Waals surface area contributed by atoms with Crippen molar-refractivity contribution in [2.75, 3.05) is 19.6 Å². The summed E-state index contributed by atoms with van der Waals surface area (Å²) in [5.74, 6) is 0.925. The number of phenols is 1. The predicted molar refractivity (Wildman–Crippen MR) is 90.5 cm³/mol. The van der Waals surface area contributed by atoms with E-state index in [0.29, 0.717) is 11.6 Å². The third-order valence-corrected chi connectivity index (χ3v) is 5.03. The van der Waals surface area contributed by atoms with Gasteiger partial charge in [-0.2, -0.15) is 0 Å². The maximum absolute atomic E-state index is 12.5. The van der Waals surface area contributed by atoms with Crippen LogP contribution in [0.2, 0.25) is 0 Å². The summed E-state index contributed by atoms with van der Waals surface area (Å²) in [5.41, 5.74) is 0.422. The Bertz CT molecular complexity index is 523. The third-order valence-electron chi connectivity index (χ3n) is 4.36. The summed E-state index contributed by atoms with van der Waals surface area (Å²) < 4.78 is 0.967. The maximum Gasteiger partial charge on any atom is 0.257 e. The molecule has 1 aromatic carbocycles. The van der Waals surface area contributed by atoms with Gasteiger partial charge in [-0.25, -0.2) is 0 Å². The van der Waals surface area contributed by atoms with Gasteiger partial charge in [0, 0.05) is 22.7 Å². The molecule has 0 atom stereocenters. The number of piperidine rings is 1. The largest absolute Gasteiger partial charge is 0.507 e. The zero-order chi connectivity index (χ0) is 14.8. The van der Waals surface area contributed by atoms with Gasteiger partial charge in [0.15, 0.2) is 0 Å². The summed E-state index contributed by atoms with van der Waals surface area (Å²) in [7, 11) is 0. The van der Waals surface area contributed by atoms with Gasteiger partial charge in [0.1, 0.15) is 5.75 Å². The number of likely N-dealkylation sites (tertiary alicyclic amines) is 1. The first kappa shape index (κ1) is 15.1. The van der Waals surface area contributed by atoms with Crippen molar-refractivity contribution in [3.63, 3.8) is 0 Å². The Balaban J connectivity index is 1.55. The molecular weight excluding hydrogens is 379 g/mol. The summed E-state index contributed by atoms with van der Waals surface area (Å²) in [4.78, 5) is 14.4. The standard InChI is InChI=1S/C16H21IN2O2/c17-12-3-4-15(20)14(9-12)16(21)19-7-5-13(6-8-19)18-10-11-1-2-11/h3-4,9,11,13,18,20H,1-2,5-8,10H2. The van der Waals surface area contributed by atoms with E-state index >= 15 is 0 Å². The molecule has 0 radical (unpaired) electrons. The molecule has 0 spiro atoms. The lowest BCUT2D eigenvalue weighted by molar-refractivity contribution is 0.0702. The third kappa shape index (κ3) is 3.88. The summed E-state index contributed by atoms with van der Waals surface area (Å²) >= 11 is 2.16. The first-order chi connectivity index (χ1) is 10.1. The van der Waals surface area contributed by atoms with E-state index in [1.165, 1.54) is 12.8 Å². The topological polar surface area (TPSA) is 52.6 Å². The first-order valence-electron chi connectivity index (χ1n) is 7.64. The fourth-order valence-electron chi connectivity index (χ4n) is 2.79. The second kappa shape index (κ2) is 6.52. The molecule has 0 unspecified atom stereocenters. The van der Waals surface area contributed by atoms with Crippen molar-refractivity contribution in [3.05, 3.63) is 27.3 Å². The van der Waals surface area contributed by atoms with Crippen LogP contribution in [0.3, 0.4) is 0 Å². The Morgan fingerprint density at radius 2 is 2.00 bits per heavy atom. The van der Waals surface area contributed by atoms with E-state index in [0.717, 1.165) is 42.0 Å². The van der Waals surface area contributed by atoms with Crippen LogP contribution >= 0.6 is 22.6 Å². The Labute approximate surface area is 139 Å². The average Bonchev–Trinajstić information content (AvgIpc) is 3.32. The number of amides is 1. The number of rotatable bonds is 4. The lowest BCUT2D eigenvalue weighted by atomic mass is 10.0. The molecule has 1 heterocycles. The van der Waals surface area contributed by atoms with E-state index in [-0.39, 0.29) is 11.7 Å². The molecule has 21 heavy (non-hydrogen) atoms. The minimum absolute atomic E-state index is 0.0494. The minimum Gasteiger partial charge on any atom is -0.507 e. The molecule has 2 fully saturated rings. The molecule has 0 bridgehead atoms. The van der Waals surface area contributed by atoms with Crippen LogP contribution < -0.4 is 5.32 Å². The molecule has 4 nitrogen and oxygen atoms in total. The SMILES string of the molecule is O=C(c1cc(I)ccc1O)N1CCC(NCC2CC2)CC1. The van der Waals surface area contributed by atoms with Crippen molar-refractivity contribution in [2.45, 2.75) is 31.7 Å². The van der Waals surface area contributed by atoms with Crippen molar-refractivity contribution in [3.8, 4) is 5.75 Å². The highest BCUT2D eigenvalue weighted by Gasteiger charge is 2.27. The molecule has 3 rings (SSSR count). The van der Waals surface area contributed by atoms with Gasteiger partial charge >= 0.3 is 0 Å². The van der Waals surface area contributed by atoms with Crippen LogP contribution in [0.1, 0.15) is 36.0 Å². The van der Waals surface area contributed by atoms with Crippen LogP contribution in [0.25, 0.3) is 0 Å². The van der Waals surface area contributed by atoms with Crippen molar-refractivity contribution in [2.24, 2.45) is 5.92 Å². The molecule has 1 aromatic rings. The fourth-order valence-corrected chi connectivity index (χ4v) is 3.28. The molecule has 114 valence electrons. The predicted octanol–water partition coefficient (Wildman–Crippen LogP) is 2.60. The quantitative estimate of drug-likeness (QED) is 0.765. The zero-order valence-corrected chi connectivity index (χ0v) is 14.2. The molecule has 1 saturated carbocycles. The summed E-state index contributed by atoms with van der Waals surface area (Å²) in [6.45, 7) is 2.68. The van der Waals surface area contributed by atoms with Gasteiger partial charge < -0.3 is 15.3 Å². The Kier molecular flexibility index (Phi) is 4.69. The fraction of sp³-hybridized carbons (Fsp3) is 0.562. The van der Waals surface area contributed by atoms with Gasteiger partial charge in [-0.05, 0) is 78.9 Å². The molecule has 5 heteroatoms. The summed E-state index contributed by atoms with van der Waals surface area (Å²) in [6, 6.07) is 5.70. The maximum atomic E-state index is 12.5. The van der Waals surface area contributed by atoms with Crippen LogP contribution in [0.4, 0.5) is 0 Å². The smallest absolute Gasteiger partial charge is 0.257 e. The lowest BCUT2D eigenvalue weighted by Gasteiger charge is -2.32. The number of benzene rings is 1. The van der Waals surface area contributed by atoms with E-state index in [1.54, 1.807) is 18.2 Å². The molecule has 0 aromatic heterocycles. The van der Waals surface area contributed by atoms with Crippen molar-refractivity contribution in [1.29, 1.82) is 0 Å². The van der Waals surface area contributed by atoms with E-state index in [9.17, 15) is 9.90 Å². The highest BCUT2D eigenvalue weighted by atomic mass is 127. The summed E-state index contributed by atoms with van der Waals surface area (Å²) in [6.07, 6.45) is 4.75. The number of hydrogen-bond donors (Lipinski definition) is 2. The molecule has 1 amide bonds. The van der Waals surface area contributed by atoms with Crippen molar-refractivity contribution < 1.29 is 9.90 Å². The number of halogens is 1. The van der Waals surface area contributed by atoms with Gasteiger partial charge in [-0.15, -0.1) is 0 Å². The summed E-state index contributed by atoms with van der Waals surface area (Å²) in [5, 5.41) is 13.5. The zero-order valence-electron chi connectivity index (χ0n) is 12.0. The van der Waals surface area contributed by atoms with E-state index in [4.69, 9.17) is 0 Å². The molecule has 2 N–H and O–H groups in total. The number of carbonyl (C=O) groups is 1. The normalized spacial score (nSPS) is 19.8. The Morgan fingerprint density at radius 3 is 2.67 bits per heavy atom. The van der Waals surface area contributed by atoms with E-state index in [2.05, 4.69) is 27.9 Å². The van der Waals surface area contributed by atoms with Gasteiger partial charge in [-0.1, -0.05) is 0 Å². The number of phenolic OH excluding ortho intramolecular Hbond substituents is 1. The van der Waals surface area contributed by atoms with Crippen molar-refractivity contribution in [1.82, 2.24) is 10.2 Å². The van der Waals surface area contributed by atoms with E-state index < -0.39 is 0 Å². The average molecular weight is 400 g/mol. The lowest BCUT2D eigenvalue weighted by Crippen LogP contribution is -2.45. The minimum atomic E-state index is -0.0494. The second-order valence-electron chi connectivity index (χ2n) is 6.08. The van der Waals surface area contributed by atoms with Crippen LogP contribution in [0.15, 0.2) is 18.2 Å². The Morgan fingerprint density at radius 1 is 1.29 bits per heavy atom. The number of hydrogen-bond acceptors (Lipinski definition) is 3. The number of nitrogens with one attached hydrogen (secondary N) is 1. The monoisotopic (exact) mass is 400 g/mol. The van der Waals surface area contributed by atoms with Gasteiger partial charge in [-0.3, -0.25) is 4.79 Å². The highest BCUT2D eigenvalue weighted by molar-refractivity contribution is 14.1. The Hall–Kier alpha value is -0.820. The van der Waals surface area contributed by atoms with Gasteiger partial charge in [0.2, 0.25) is 0 Å². The first-order valence-corrected chi connectivity index (χ1v) is 8.72. The molecule has 1 aliphatic heterocycles. The van der Waals surface area contributed by atoms with Gasteiger partial charge in [0.25, 0.3) is 5.91 Å². The molecule has 1 aliphatic carbocycles. The highest BCUT2D eigenvalue weighted by Crippen LogP contribution is 2.28. The van der Waals surface area contributed by atoms with Crippen LogP contribution in [0, 0.1) is 9.49 Å². The molecule has 2 aliphatic rings. The molecule has 1 saturated heterocycles. The second-order valence-corrected chi connectivity index (χ2v) is 7.33. The van der Waals surface area contributed by atoms with Gasteiger partial charge in [0.05, 0.1) is 5.56 Å². The number of carbonyl (C=O) groups excluding carboxylic acids is 1.